The first-order chi connectivity index (χ1) is 8.72. The van der Waals surface area contributed by atoms with Crippen molar-refractivity contribution in [3.8, 4) is 6.07 Å². The molecule has 0 aromatic heterocycles. The van der Waals surface area contributed by atoms with E-state index in [2.05, 4.69) is 23.0 Å². The monoisotopic (exact) mass is 243 g/mol. The normalized spacial score (nSPS) is 22.9. The molecule has 0 bridgehead atoms. The highest BCUT2D eigenvalue weighted by Gasteiger charge is 2.22. The van der Waals surface area contributed by atoms with Gasteiger partial charge in [0.15, 0.2) is 0 Å². The summed E-state index contributed by atoms with van der Waals surface area (Å²) in [5.74, 6) is 0.308. The molecule has 18 heavy (non-hydrogen) atoms. The molecule has 2 rings (SSSR count). The Kier molecular flexibility index (Phi) is 3.96. The van der Waals surface area contributed by atoms with Crippen molar-refractivity contribution in [2.24, 2.45) is 11.1 Å². The predicted molar refractivity (Wildman–Crippen MR) is 69.4 cm³/mol. The topological polar surface area (TPSA) is 59.6 Å². The van der Waals surface area contributed by atoms with E-state index in [-0.39, 0.29) is 0 Å². The number of nitriles is 1. The van der Waals surface area contributed by atoms with Crippen molar-refractivity contribution in [1.29, 1.82) is 5.26 Å². The molecule has 1 aromatic carbocycles. The lowest BCUT2D eigenvalue weighted by Gasteiger charge is -2.31. The summed E-state index contributed by atoms with van der Waals surface area (Å²) in [5.41, 5.74) is 2.80. The van der Waals surface area contributed by atoms with Gasteiger partial charge in [0.2, 0.25) is 0 Å². The third kappa shape index (κ3) is 2.88. The van der Waals surface area contributed by atoms with Gasteiger partial charge in [0.1, 0.15) is 0 Å². The molecule has 0 radical (unpaired) electrons. The molecule has 0 saturated carbocycles. The fraction of sp³-hybridized carbons (Fsp3) is 0.429. The van der Waals surface area contributed by atoms with Gasteiger partial charge in [-0.15, -0.1) is 0 Å². The van der Waals surface area contributed by atoms with E-state index in [1.54, 1.807) is 0 Å². The first-order valence-electron chi connectivity index (χ1n) is 6.15. The summed E-state index contributed by atoms with van der Waals surface area (Å²) in [6.07, 6.45) is 0.827. The van der Waals surface area contributed by atoms with Crippen molar-refractivity contribution >= 4 is 5.71 Å². The third-order valence-electron chi connectivity index (χ3n) is 3.40. The maximum atomic E-state index is 8.83. The molecule has 94 valence electrons. The minimum Gasteiger partial charge on any atom is -0.411 e. The van der Waals surface area contributed by atoms with E-state index < -0.39 is 0 Å². The van der Waals surface area contributed by atoms with Crippen molar-refractivity contribution in [2.75, 3.05) is 13.1 Å². The Balaban J connectivity index is 1.96. The van der Waals surface area contributed by atoms with Gasteiger partial charge in [0.25, 0.3) is 0 Å². The van der Waals surface area contributed by atoms with Crippen LogP contribution in [-0.4, -0.2) is 28.9 Å². The Morgan fingerprint density at radius 2 is 2.17 bits per heavy atom. The van der Waals surface area contributed by atoms with Crippen LogP contribution in [0.3, 0.4) is 0 Å². The molecular weight excluding hydrogens is 226 g/mol. The zero-order chi connectivity index (χ0) is 13.0. The number of benzene rings is 1. The summed E-state index contributed by atoms with van der Waals surface area (Å²) in [6, 6.07) is 9.82. The second-order valence-electron chi connectivity index (χ2n) is 4.79. The summed E-state index contributed by atoms with van der Waals surface area (Å²) < 4.78 is 0. The molecule has 1 aliphatic heterocycles. The highest BCUT2D eigenvalue weighted by molar-refractivity contribution is 5.86. The molecule has 0 amide bonds. The quantitative estimate of drug-likeness (QED) is 0.640. The zero-order valence-electron chi connectivity index (χ0n) is 10.5. The molecule has 1 aliphatic rings. The highest BCUT2D eigenvalue weighted by atomic mass is 16.4. The molecule has 1 heterocycles. The molecule has 4 nitrogen and oxygen atoms in total. The van der Waals surface area contributed by atoms with Crippen LogP contribution >= 0.6 is 0 Å². The van der Waals surface area contributed by atoms with Crippen LogP contribution in [0.1, 0.15) is 24.5 Å². The molecule has 1 aromatic rings. The van der Waals surface area contributed by atoms with E-state index in [9.17, 15) is 0 Å². The third-order valence-corrected chi connectivity index (χ3v) is 3.40. The van der Waals surface area contributed by atoms with Gasteiger partial charge < -0.3 is 5.21 Å². The van der Waals surface area contributed by atoms with Gasteiger partial charge in [-0.1, -0.05) is 24.2 Å². The Morgan fingerprint density at radius 3 is 2.72 bits per heavy atom. The average molecular weight is 243 g/mol. The molecule has 1 fully saturated rings. The van der Waals surface area contributed by atoms with Gasteiger partial charge in [-0.2, -0.15) is 5.26 Å². The number of hydrogen-bond donors (Lipinski definition) is 1. The van der Waals surface area contributed by atoms with Crippen molar-refractivity contribution in [2.45, 2.75) is 19.9 Å². The minimum atomic E-state index is 0.308. The fourth-order valence-electron chi connectivity index (χ4n) is 2.34. The number of oxime groups is 1. The van der Waals surface area contributed by atoms with E-state index >= 15 is 0 Å². The Morgan fingerprint density at radius 1 is 1.44 bits per heavy atom. The molecule has 0 spiro atoms. The van der Waals surface area contributed by atoms with Gasteiger partial charge in [-0.25, -0.2) is 0 Å². The van der Waals surface area contributed by atoms with E-state index in [1.807, 2.05) is 24.3 Å². The van der Waals surface area contributed by atoms with Gasteiger partial charge >= 0.3 is 0 Å². The van der Waals surface area contributed by atoms with Crippen LogP contribution in [0.2, 0.25) is 0 Å². The molecule has 0 aliphatic carbocycles. The Bertz CT molecular complexity index is 473. The van der Waals surface area contributed by atoms with E-state index in [1.165, 1.54) is 5.56 Å². The van der Waals surface area contributed by atoms with Gasteiger partial charge in [-0.05, 0) is 17.7 Å². The maximum absolute atomic E-state index is 8.83. The minimum absolute atomic E-state index is 0.308. The van der Waals surface area contributed by atoms with Crippen molar-refractivity contribution in [1.82, 2.24) is 4.90 Å². The Labute approximate surface area is 107 Å². The summed E-state index contributed by atoms with van der Waals surface area (Å²) >= 11 is 0. The first kappa shape index (κ1) is 12.6. The van der Waals surface area contributed by atoms with Gasteiger partial charge in [0.05, 0.1) is 17.3 Å². The largest absolute Gasteiger partial charge is 0.411 e. The number of hydrogen-bond acceptors (Lipinski definition) is 4. The summed E-state index contributed by atoms with van der Waals surface area (Å²) in [7, 11) is 0. The van der Waals surface area contributed by atoms with Crippen LogP contribution in [-0.2, 0) is 6.54 Å². The zero-order valence-corrected chi connectivity index (χ0v) is 10.5. The predicted octanol–water partition coefficient (Wildman–Crippen LogP) is 2.23. The van der Waals surface area contributed by atoms with Crippen LogP contribution < -0.4 is 0 Å². The molecular formula is C14H17N3O. The summed E-state index contributed by atoms with van der Waals surface area (Å²) in [6.45, 7) is 4.80. The van der Waals surface area contributed by atoms with Crippen LogP contribution in [0.15, 0.2) is 29.4 Å². The number of piperidine rings is 1. The lowest BCUT2D eigenvalue weighted by Crippen LogP contribution is -2.39. The number of nitrogens with zero attached hydrogens (tertiary/aromatic N) is 3. The lowest BCUT2D eigenvalue weighted by atomic mass is 9.97. The van der Waals surface area contributed by atoms with Crippen molar-refractivity contribution in [3.05, 3.63) is 35.4 Å². The second kappa shape index (κ2) is 5.65. The molecule has 1 N–H and O–H groups in total. The summed E-state index contributed by atoms with van der Waals surface area (Å²) in [4.78, 5) is 2.35. The van der Waals surface area contributed by atoms with Crippen LogP contribution in [0.4, 0.5) is 0 Å². The number of likely N-dealkylation sites (tertiary alicyclic amines) is 1. The molecule has 1 unspecified atom stereocenters. The van der Waals surface area contributed by atoms with Crippen LogP contribution in [0.25, 0.3) is 0 Å². The van der Waals surface area contributed by atoms with Crippen LogP contribution in [0.5, 0.6) is 0 Å². The molecule has 1 saturated heterocycles. The van der Waals surface area contributed by atoms with E-state index in [0.29, 0.717) is 11.5 Å². The molecule has 4 heteroatoms. The lowest BCUT2D eigenvalue weighted by molar-refractivity contribution is 0.228. The fourth-order valence-corrected chi connectivity index (χ4v) is 2.34. The second-order valence-corrected chi connectivity index (χ2v) is 4.79. The standard InChI is InChI=1S/C14H17N3O/c1-11-9-17(7-6-14(11)16-18)10-13-4-2-12(8-15)3-5-13/h2-5,11,18H,6-7,9-10H2,1H3/b16-14+. The van der Waals surface area contributed by atoms with Crippen molar-refractivity contribution in [3.63, 3.8) is 0 Å². The average Bonchev–Trinajstić information content (AvgIpc) is 2.40. The van der Waals surface area contributed by atoms with E-state index in [0.717, 1.165) is 31.8 Å². The number of rotatable bonds is 2. The molecule has 1 atom stereocenters. The van der Waals surface area contributed by atoms with E-state index in [4.69, 9.17) is 10.5 Å². The van der Waals surface area contributed by atoms with Crippen molar-refractivity contribution < 1.29 is 5.21 Å². The maximum Gasteiger partial charge on any atom is 0.0991 e. The SMILES string of the molecule is CC1CN(Cc2ccc(C#N)cc2)CC/C1=N\O. The van der Waals surface area contributed by atoms with Gasteiger partial charge in [-0.3, -0.25) is 4.90 Å². The highest BCUT2D eigenvalue weighted by Crippen LogP contribution is 2.16. The Hall–Kier alpha value is -1.86. The summed E-state index contributed by atoms with van der Waals surface area (Å²) in [5, 5.41) is 20.9. The first-order valence-corrected chi connectivity index (χ1v) is 6.15. The van der Waals surface area contributed by atoms with Crippen LogP contribution in [0, 0.1) is 17.2 Å². The van der Waals surface area contributed by atoms with Gasteiger partial charge in [0, 0.05) is 32.0 Å². The smallest absolute Gasteiger partial charge is 0.0991 e.